The molecule has 2 rings (SSSR count). The number of Topliss-reactive ketones (excluding diaryl/α,β-unsaturated/α-hetero) is 1. The maximum Gasteiger partial charge on any atom is 0.189 e. The number of ketones is 1. The van der Waals surface area contributed by atoms with Crippen LogP contribution in [0.3, 0.4) is 0 Å². The molecule has 1 aromatic rings. The molecule has 3 heteroatoms. The van der Waals surface area contributed by atoms with Gasteiger partial charge in [0, 0.05) is 13.2 Å². The molecule has 1 heterocycles. The number of aryl methyl sites for hydroxylation is 2. The van der Waals surface area contributed by atoms with Crippen molar-refractivity contribution in [2.75, 3.05) is 0 Å². The maximum absolute atomic E-state index is 11.7. The smallest absolute Gasteiger partial charge is 0.189 e. The lowest BCUT2D eigenvalue weighted by molar-refractivity contribution is -0.110. The van der Waals surface area contributed by atoms with Crippen LogP contribution in [0.15, 0.2) is 12.3 Å². The van der Waals surface area contributed by atoms with Crippen molar-refractivity contribution in [3.63, 3.8) is 0 Å². The monoisotopic (exact) mass is 177 g/mol. The molecule has 68 valence electrons. The molecule has 0 unspecified atom stereocenters. The summed E-state index contributed by atoms with van der Waals surface area (Å²) in [5.74, 6) is -0.440. The fourth-order valence-corrected chi connectivity index (χ4v) is 1.86. The highest BCUT2D eigenvalue weighted by Gasteiger charge is 2.28. The van der Waals surface area contributed by atoms with E-state index >= 15 is 0 Å². The number of nitrogens with zero attached hydrogens (tertiary/aromatic N) is 1. The summed E-state index contributed by atoms with van der Waals surface area (Å²) in [4.78, 5) is 22.3. The number of carbonyl (C=O) groups is 2. The van der Waals surface area contributed by atoms with Crippen molar-refractivity contribution in [2.24, 2.45) is 13.0 Å². The van der Waals surface area contributed by atoms with Crippen molar-refractivity contribution in [3.8, 4) is 0 Å². The van der Waals surface area contributed by atoms with E-state index in [1.165, 1.54) is 0 Å². The first kappa shape index (κ1) is 8.23. The lowest BCUT2D eigenvalue weighted by Gasteiger charge is -2.17. The summed E-state index contributed by atoms with van der Waals surface area (Å²) in [5.41, 5.74) is 1.79. The second-order valence-corrected chi connectivity index (χ2v) is 3.45. The zero-order valence-corrected chi connectivity index (χ0v) is 7.49. The fraction of sp³-hybridized carbons (Fsp3) is 0.400. The first-order valence-corrected chi connectivity index (χ1v) is 4.37. The highest BCUT2D eigenvalue weighted by molar-refractivity contribution is 6.06. The Balaban J connectivity index is 2.48. The van der Waals surface area contributed by atoms with E-state index < -0.39 is 5.92 Å². The second kappa shape index (κ2) is 2.83. The summed E-state index contributed by atoms with van der Waals surface area (Å²) in [7, 11) is 1.84. The molecule has 0 bridgehead atoms. The molecular formula is C10H11NO2. The molecule has 1 aliphatic rings. The molecule has 0 aromatic carbocycles. The second-order valence-electron chi connectivity index (χ2n) is 3.45. The Labute approximate surface area is 76.4 Å². The third kappa shape index (κ3) is 1.11. The van der Waals surface area contributed by atoms with Gasteiger partial charge in [0.15, 0.2) is 5.78 Å². The number of hydrogen-bond donors (Lipinski definition) is 0. The molecule has 13 heavy (non-hydrogen) atoms. The Bertz CT molecular complexity index is 365. The summed E-state index contributed by atoms with van der Waals surface area (Å²) in [6.45, 7) is 0. The van der Waals surface area contributed by atoms with Crippen LogP contribution in [0.25, 0.3) is 0 Å². The van der Waals surface area contributed by atoms with E-state index in [9.17, 15) is 9.59 Å². The molecule has 1 atom stereocenters. The van der Waals surface area contributed by atoms with Crippen LogP contribution >= 0.6 is 0 Å². The van der Waals surface area contributed by atoms with Gasteiger partial charge in [-0.3, -0.25) is 4.79 Å². The molecule has 0 aliphatic heterocycles. The van der Waals surface area contributed by atoms with Gasteiger partial charge in [-0.15, -0.1) is 0 Å². The van der Waals surface area contributed by atoms with Gasteiger partial charge < -0.3 is 9.36 Å². The predicted molar refractivity (Wildman–Crippen MR) is 47.6 cm³/mol. The predicted octanol–water partition coefficient (Wildman–Crippen LogP) is 0.969. The standard InChI is InChI=1S/C10H11NO2/c1-11-5-4-7-2-3-8(6-12)10(13)9(7)11/h4-6,8H,2-3H2,1H3/t8-/m0/s1. The van der Waals surface area contributed by atoms with Crippen LogP contribution in [-0.2, 0) is 18.3 Å². The van der Waals surface area contributed by atoms with Gasteiger partial charge >= 0.3 is 0 Å². The van der Waals surface area contributed by atoms with E-state index in [0.29, 0.717) is 12.1 Å². The van der Waals surface area contributed by atoms with Crippen LogP contribution in [0.2, 0.25) is 0 Å². The highest BCUT2D eigenvalue weighted by atomic mass is 16.1. The van der Waals surface area contributed by atoms with Gasteiger partial charge in [-0.25, -0.2) is 0 Å². The third-order valence-corrected chi connectivity index (χ3v) is 2.62. The van der Waals surface area contributed by atoms with Gasteiger partial charge in [0.05, 0.1) is 11.6 Å². The Morgan fingerprint density at radius 1 is 1.62 bits per heavy atom. The Kier molecular flexibility index (Phi) is 1.79. The van der Waals surface area contributed by atoms with Gasteiger partial charge in [0.25, 0.3) is 0 Å². The normalized spacial score (nSPS) is 21.3. The summed E-state index contributed by atoms with van der Waals surface area (Å²) < 4.78 is 1.80. The summed E-state index contributed by atoms with van der Waals surface area (Å²) in [5, 5.41) is 0. The molecule has 1 aromatic heterocycles. The number of carbonyl (C=O) groups excluding carboxylic acids is 2. The molecule has 1 aliphatic carbocycles. The first-order valence-electron chi connectivity index (χ1n) is 4.37. The highest BCUT2D eigenvalue weighted by Crippen LogP contribution is 2.24. The topological polar surface area (TPSA) is 39.1 Å². The van der Waals surface area contributed by atoms with E-state index in [2.05, 4.69) is 0 Å². The molecule has 0 saturated heterocycles. The van der Waals surface area contributed by atoms with Crippen LogP contribution in [0.5, 0.6) is 0 Å². The Morgan fingerprint density at radius 3 is 3.08 bits per heavy atom. The maximum atomic E-state index is 11.7. The lowest BCUT2D eigenvalue weighted by Crippen LogP contribution is -2.25. The van der Waals surface area contributed by atoms with Crippen molar-refractivity contribution in [2.45, 2.75) is 12.8 Å². The van der Waals surface area contributed by atoms with Crippen LogP contribution < -0.4 is 0 Å². The van der Waals surface area contributed by atoms with Crippen molar-refractivity contribution < 1.29 is 9.59 Å². The summed E-state index contributed by atoms with van der Waals surface area (Å²) in [6.07, 6.45) is 4.14. The number of aromatic nitrogens is 1. The van der Waals surface area contributed by atoms with Crippen molar-refractivity contribution in [1.29, 1.82) is 0 Å². The van der Waals surface area contributed by atoms with Gasteiger partial charge in [0.2, 0.25) is 0 Å². The minimum absolute atomic E-state index is 0.0243. The molecule has 0 spiro atoms. The minimum Gasteiger partial charge on any atom is -0.348 e. The van der Waals surface area contributed by atoms with Crippen LogP contribution in [-0.4, -0.2) is 16.6 Å². The zero-order chi connectivity index (χ0) is 9.42. The van der Waals surface area contributed by atoms with Crippen molar-refractivity contribution in [1.82, 2.24) is 4.57 Å². The van der Waals surface area contributed by atoms with Gasteiger partial charge in [0.1, 0.15) is 6.29 Å². The van der Waals surface area contributed by atoms with Crippen LogP contribution in [0, 0.1) is 5.92 Å². The first-order chi connectivity index (χ1) is 6.24. The average Bonchev–Trinajstić information content (AvgIpc) is 2.49. The molecule has 0 amide bonds. The summed E-state index contributed by atoms with van der Waals surface area (Å²) in [6, 6.07) is 1.95. The summed E-state index contributed by atoms with van der Waals surface area (Å²) >= 11 is 0. The van der Waals surface area contributed by atoms with Gasteiger partial charge in [-0.1, -0.05) is 0 Å². The molecule has 0 saturated carbocycles. The van der Waals surface area contributed by atoms with E-state index in [0.717, 1.165) is 18.3 Å². The van der Waals surface area contributed by atoms with Crippen LogP contribution in [0.4, 0.5) is 0 Å². The number of rotatable bonds is 1. The van der Waals surface area contributed by atoms with E-state index in [4.69, 9.17) is 0 Å². The quantitative estimate of drug-likeness (QED) is 0.473. The zero-order valence-electron chi connectivity index (χ0n) is 7.49. The number of fused-ring (bicyclic) bond motifs is 1. The van der Waals surface area contributed by atoms with Crippen molar-refractivity contribution >= 4 is 12.1 Å². The molecule has 0 radical (unpaired) electrons. The number of aldehydes is 1. The molecule has 3 nitrogen and oxygen atoms in total. The van der Waals surface area contributed by atoms with Crippen LogP contribution in [0.1, 0.15) is 22.5 Å². The largest absolute Gasteiger partial charge is 0.348 e. The van der Waals surface area contributed by atoms with E-state index in [-0.39, 0.29) is 5.78 Å². The lowest BCUT2D eigenvalue weighted by atomic mass is 9.88. The van der Waals surface area contributed by atoms with E-state index in [1.54, 1.807) is 4.57 Å². The third-order valence-electron chi connectivity index (χ3n) is 2.62. The fourth-order valence-electron chi connectivity index (χ4n) is 1.86. The average molecular weight is 177 g/mol. The van der Waals surface area contributed by atoms with Gasteiger partial charge in [-0.05, 0) is 24.5 Å². The van der Waals surface area contributed by atoms with Crippen molar-refractivity contribution in [3.05, 3.63) is 23.5 Å². The SMILES string of the molecule is Cn1ccc2c1C(=O)[C@H](C=O)CC2. The van der Waals surface area contributed by atoms with Gasteiger partial charge in [-0.2, -0.15) is 0 Å². The molecular weight excluding hydrogens is 166 g/mol. The Hall–Kier alpha value is -1.38. The number of hydrogen-bond acceptors (Lipinski definition) is 2. The minimum atomic E-state index is -0.416. The molecule has 0 fully saturated rings. The molecule has 0 N–H and O–H groups in total. The van der Waals surface area contributed by atoms with E-state index in [1.807, 2.05) is 19.3 Å². The Morgan fingerprint density at radius 2 is 2.38 bits per heavy atom.